The summed E-state index contributed by atoms with van der Waals surface area (Å²) in [6, 6.07) is -0.350. The number of rotatable bonds is 4. The van der Waals surface area contributed by atoms with Crippen LogP contribution >= 0.6 is 0 Å². The normalized spacial score (nSPS) is 11.5. The van der Waals surface area contributed by atoms with Crippen molar-refractivity contribution in [2.75, 3.05) is 18.0 Å². The van der Waals surface area contributed by atoms with E-state index in [1.54, 1.807) is 0 Å². The van der Waals surface area contributed by atoms with E-state index in [0.717, 1.165) is 11.2 Å². The first kappa shape index (κ1) is 12.3. The van der Waals surface area contributed by atoms with Gasteiger partial charge in [-0.25, -0.2) is 4.79 Å². The zero-order valence-corrected chi connectivity index (χ0v) is 8.28. The van der Waals surface area contributed by atoms with Gasteiger partial charge in [0, 0.05) is 6.54 Å². The van der Waals surface area contributed by atoms with Crippen molar-refractivity contribution >= 4 is 12.0 Å². The standard InChI is InChI=1S/C8H9F3N2O3/c1-2-13(4-8(9,10)11)7-12-5(3-16-7)6(14)15/h3H,2,4H2,1H3,(H,14,15). The number of hydrogen-bond acceptors (Lipinski definition) is 4. The topological polar surface area (TPSA) is 66.6 Å². The molecule has 0 atom stereocenters. The molecule has 1 aromatic heterocycles. The Balaban J connectivity index is 2.83. The zero-order chi connectivity index (χ0) is 12.3. The van der Waals surface area contributed by atoms with Gasteiger partial charge in [0.05, 0.1) is 0 Å². The number of hydrogen-bond donors (Lipinski definition) is 1. The monoisotopic (exact) mass is 238 g/mol. The first-order valence-corrected chi connectivity index (χ1v) is 4.34. The average Bonchev–Trinajstić information content (AvgIpc) is 2.61. The fourth-order valence-electron chi connectivity index (χ4n) is 1.04. The molecule has 0 aliphatic carbocycles. The number of carboxylic acid groups (broad SMARTS) is 1. The Morgan fingerprint density at radius 1 is 1.62 bits per heavy atom. The van der Waals surface area contributed by atoms with E-state index in [4.69, 9.17) is 5.11 Å². The van der Waals surface area contributed by atoms with Crippen LogP contribution in [0.5, 0.6) is 0 Å². The van der Waals surface area contributed by atoms with Crippen molar-refractivity contribution in [2.24, 2.45) is 0 Å². The molecule has 0 aliphatic heterocycles. The van der Waals surface area contributed by atoms with Crippen molar-refractivity contribution in [2.45, 2.75) is 13.1 Å². The van der Waals surface area contributed by atoms with Crippen LogP contribution in [0.15, 0.2) is 10.7 Å². The highest BCUT2D eigenvalue weighted by Gasteiger charge is 2.32. The SMILES string of the molecule is CCN(CC(F)(F)F)c1nc(C(=O)O)co1. The molecule has 0 saturated carbocycles. The van der Waals surface area contributed by atoms with E-state index < -0.39 is 24.4 Å². The number of anilines is 1. The van der Waals surface area contributed by atoms with E-state index in [2.05, 4.69) is 9.40 Å². The molecule has 0 saturated heterocycles. The van der Waals surface area contributed by atoms with E-state index >= 15 is 0 Å². The lowest BCUT2D eigenvalue weighted by molar-refractivity contribution is -0.120. The molecule has 1 N–H and O–H groups in total. The molecule has 0 aliphatic rings. The molecule has 1 rings (SSSR count). The summed E-state index contributed by atoms with van der Waals surface area (Å²) in [7, 11) is 0. The predicted molar refractivity (Wildman–Crippen MR) is 47.4 cm³/mol. The predicted octanol–water partition coefficient (Wildman–Crippen LogP) is 1.76. The Morgan fingerprint density at radius 3 is 2.62 bits per heavy atom. The Labute approximate surface area is 88.5 Å². The Hall–Kier alpha value is -1.73. The van der Waals surface area contributed by atoms with E-state index in [1.165, 1.54) is 6.92 Å². The van der Waals surface area contributed by atoms with Gasteiger partial charge in [0.1, 0.15) is 12.8 Å². The van der Waals surface area contributed by atoms with Crippen molar-refractivity contribution in [3.05, 3.63) is 12.0 Å². The number of aromatic nitrogens is 1. The minimum Gasteiger partial charge on any atom is -0.476 e. The molecule has 1 aromatic rings. The van der Waals surface area contributed by atoms with Gasteiger partial charge in [-0.15, -0.1) is 0 Å². The molecule has 0 unspecified atom stereocenters. The van der Waals surface area contributed by atoms with E-state index in [-0.39, 0.29) is 12.6 Å². The number of aromatic carboxylic acids is 1. The fourth-order valence-corrected chi connectivity index (χ4v) is 1.04. The molecule has 0 amide bonds. The maximum absolute atomic E-state index is 12.1. The molecule has 16 heavy (non-hydrogen) atoms. The van der Waals surface area contributed by atoms with Crippen LogP contribution in [0.4, 0.5) is 19.2 Å². The van der Waals surface area contributed by atoms with Crippen LogP contribution in [-0.4, -0.2) is 35.3 Å². The maximum atomic E-state index is 12.1. The fraction of sp³-hybridized carbons (Fsp3) is 0.500. The van der Waals surface area contributed by atoms with E-state index in [9.17, 15) is 18.0 Å². The van der Waals surface area contributed by atoms with Gasteiger partial charge in [-0.1, -0.05) is 0 Å². The van der Waals surface area contributed by atoms with E-state index in [0.29, 0.717) is 0 Å². The number of carbonyl (C=O) groups is 1. The third kappa shape index (κ3) is 3.14. The van der Waals surface area contributed by atoms with Gasteiger partial charge in [0.25, 0.3) is 6.01 Å². The summed E-state index contributed by atoms with van der Waals surface area (Å²) in [6.07, 6.45) is -3.59. The van der Waals surface area contributed by atoms with Crippen LogP contribution in [0.1, 0.15) is 17.4 Å². The van der Waals surface area contributed by atoms with Gasteiger partial charge < -0.3 is 14.4 Å². The van der Waals surface area contributed by atoms with Gasteiger partial charge in [-0.05, 0) is 6.92 Å². The molecular weight excluding hydrogens is 229 g/mol. The largest absolute Gasteiger partial charge is 0.476 e. The smallest absolute Gasteiger partial charge is 0.406 e. The van der Waals surface area contributed by atoms with Crippen LogP contribution in [-0.2, 0) is 0 Å². The quantitative estimate of drug-likeness (QED) is 0.865. The van der Waals surface area contributed by atoms with Crippen molar-refractivity contribution in [3.63, 3.8) is 0 Å². The van der Waals surface area contributed by atoms with Crippen molar-refractivity contribution in [1.82, 2.24) is 4.98 Å². The highest BCUT2D eigenvalue weighted by Crippen LogP contribution is 2.21. The van der Waals surface area contributed by atoms with Crippen molar-refractivity contribution < 1.29 is 27.5 Å². The summed E-state index contributed by atoms with van der Waals surface area (Å²) in [5.74, 6) is -1.35. The molecule has 0 spiro atoms. The van der Waals surface area contributed by atoms with Crippen LogP contribution in [0.3, 0.4) is 0 Å². The Bertz CT molecular complexity index is 375. The van der Waals surface area contributed by atoms with Crippen molar-refractivity contribution in [3.8, 4) is 0 Å². The van der Waals surface area contributed by atoms with Gasteiger partial charge in [0.2, 0.25) is 0 Å². The molecule has 1 heterocycles. The Morgan fingerprint density at radius 2 is 2.25 bits per heavy atom. The summed E-state index contributed by atoms with van der Waals surface area (Å²) < 4.78 is 41.0. The van der Waals surface area contributed by atoms with Crippen LogP contribution in [0, 0.1) is 0 Å². The molecule has 0 fully saturated rings. The summed E-state index contributed by atoms with van der Waals surface area (Å²) in [5, 5.41) is 8.52. The number of carboxylic acids is 1. The lowest BCUT2D eigenvalue weighted by Gasteiger charge is -2.19. The lowest BCUT2D eigenvalue weighted by atomic mass is 10.5. The number of alkyl halides is 3. The number of halogens is 3. The molecule has 5 nitrogen and oxygen atoms in total. The summed E-state index contributed by atoms with van der Waals surface area (Å²) in [4.78, 5) is 14.7. The van der Waals surface area contributed by atoms with Crippen molar-refractivity contribution in [1.29, 1.82) is 0 Å². The Kier molecular flexibility index (Phi) is 3.41. The highest BCUT2D eigenvalue weighted by atomic mass is 19.4. The van der Waals surface area contributed by atoms with Crippen LogP contribution < -0.4 is 4.90 Å². The minimum absolute atomic E-state index is 0.0130. The van der Waals surface area contributed by atoms with E-state index in [1.807, 2.05) is 0 Å². The van der Waals surface area contributed by atoms with Gasteiger partial charge >= 0.3 is 12.1 Å². The molecule has 8 heteroatoms. The minimum atomic E-state index is -4.39. The van der Waals surface area contributed by atoms with Gasteiger partial charge in [0.15, 0.2) is 5.69 Å². The summed E-state index contributed by atoms with van der Waals surface area (Å²) >= 11 is 0. The second kappa shape index (κ2) is 4.42. The molecule has 0 aromatic carbocycles. The molecule has 0 bridgehead atoms. The number of nitrogens with zero attached hydrogens (tertiary/aromatic N) is 2. The highest BCUT2D eigenvalue weighted by molar-refractivity contribution is 5.85. The summed E-state index contributed by atoms with van der Waals surface area (Å²) in [5.41, 5.74) is -0.421. The molecule has 0 radical (unpaired) electrons. The second-order valence-corrected chi connectivity index (χ2v) is 2.95. The molecular formula is C8H9F3N2O3. The van der Waals surface area contributed by atoms with Gasteiger partial charge in [-0.2, -0.15) is 18.2 Å². The van der Waals surface area contributed by atoms with Crippen LogP contribution in [0.25, 0.3) is 0 Å². The van der Waals surface area contributed by atoms with Crippen LogP contribution in [0.2, 0.25) is 0 Å². The first-order valence-electron chi connectivity index (χ1n) is 4.34. The average molecular weight is 238 g/mol. The number of oxazole rings is 1. The zero-order valence-electron chi connectivity index (χ0n) is 8.28. The lowest BCUT2D eigenvalue weighted by Crippen LogP contribution is -2.34. The van der Waals surface area contributed by atoms with Gasteiger partial charge in [-0.3, -0.25) is 0 Å². The third-order valence-electron chi connectivity index (χ3n) is 1.73. The summed E-state index contributed by atoms with van der Waals surface area (Å²) in [6.45, 7) is 0.262. The second-order valence-electron chi connectivity index (χ2n) is 2.95. The maximum Gasteiger partial charge on any atom is 0.406 e. The molecule has 90 valence electrons. The first-order chi connectivity index (χ1) is 7.33. The third-order valence-corrected chi connectivity index (χ3v) is 1.73.